The summed E-state index contributed by atoms with van der Waals surface area (Å²) in [7, 11) is 0. The van der Waals surface area contributed by atoms with Crippen LogP contribution in [0.25, 0.3) is 15.8 Å². The van der Waals surface area contributed by atoms with Gasteiger partial charge < -0.3 is 57.4 Å². The number of fused-ring (bicyclic) bond motifs is 1. The van der Waals surface area contributed by atoms with Crippen LogP contribution in [0.3, 0.4) is 0 Å². The molecule has 1 aliphatic heterocycles. The van der Waals surface area contributed by atoms with Crippen LogP contribution in [0.1, 0.15) is 95.1 Å². The average Bonchev–Trinajstić information content (AvgIpc) is 3.63. The summed E-state index contributed by atoms with van der Waals surface area (Å²) < 4.78 is 21.7. The number of aromatic nitrogens is 2. The van der Waals surface area contributed by atoms with E-state index in [0.717, 1.165) is 57.3 Å². The number of aliphatic hydroxyl groups is 2. The second kappa shape index (κ2) is 15.9. The molecule has 0 radical (unpaired) electrons. The van der Waals surface area contributed by atoms with E-state index in [1.807, 2.05) is 13.8 Å². The number of carboxylic acid groups (broad SMARTS) is 1. The van der Waals surface area contributed by atoms with Crippen LogP contribution in [0.5, 0.6) is 0 Å². The van der Waals surface area contributed by atoms with E-state index in [9.17, 15) is 24.5 Å². The Hall–Kier alpha value is -4.61. The molecule has 3 heterocycles. The molecule has 3 aromatic rings. The van der Waals surface area contributed by atoms with E-state index in [2.05, 4.69) is 39.3 Å². The summed E-state index contributed by atoms with van der Waals surface area (Å²) in [6.45, 7) is 13.0. The first kappa shape index (κ1) is 43.1. The Balaban J connectivity index is 0.986. The molecule has 4 saturated carbocycles. The zero-order valence-electron chi connectivity index (χ0n) is 35.7. The molecule has 61 heavy (non-hydrogen) atoms. The summed E-state index contributed by atoms with van der Waals surface area (Å²) in [5, 5.41) is 45.0. The van der Waals surface area contributed by atoms with Crippen molar-refractivity contribution in [1.29, 1.82) is 5.41 Å². The highest BCUT2D eigenvalue weighted by atomic mass is 32.1. The average molecular weight is 858 g/mol. The molecule has 0 amide bonds. The van der Waals surface area contributed by atoms with E-state index in [0.29, 0.717) is 94.2 Å². The maximum atomic E-state index is 14.3. The third kappa shape index (κ3) is 6.54. The van der Waals surface area contributed by atoms with Crippen molar-refractivity contribution in [3.63, 3.8) is 0 Å². The first-order chi connectivity index (χ1) is 29.1. The van der Waals surface area contributed by atoms with Crippen LogP contribution in [-0.2, 0) is 4.74 Å². The number of halogens is 1. The minimum absolute atomic E-state index is 0.0419. The van der Waals surface area contributed by atoms with Gasteiger partial charge >= 0.3 is 5.97 Å². The van der Waals surface area contributed by atoms with Gasteiger partial charge in [-0.1, -0.05) is 31.3 Å². The molecule has 5 aliphatic rings. The monoisotopic (exact) mass is 857 g/mol. The van der Waals surface area contributed by atoms with Gasteiger partial charge in [-0.3, -0.25) is 0 Å². The maximum Gasteiger partial charge on any atom is 0.355 e. The molecule has 2 atom stereocenters. The number of carboxylic acids is 1. The molecule has 4 aliphatic carbocycles. The van der Waals surface area contributed by atoms with Crippen LogP contribution < -0.4 is 27.0 Å². The van der Waals surface area contributed by atoms with E-state index in [1.165, 1.54) is 23.6 Å². The smallest absolute Gasteiger partial charge is 0.355 e. The summed E-state index contributed by atoms with van der Waals surface area (Å²) in [6.07, 6.45) is 8.25. The lowest BCUT2D eigenvalue weighted by atomic mass is 9.03. The number of thiazole rings is 1. The third-order valence-corrected chi connectivity index (χ3v) is 15.9. The molecular formula is C45H60FN9O5S. The van der Waals surface area contributed by atoms with Gasteiger partial charge in [0, 0.05) is 74.4 Å². The van der Waals surface area contributed by atoms with E-state index in [-0.39, 0.29) is 52.0 Å². The van der Waals surface area contributed by atoms with Gasteiger partial charge in [-0.2, -0.15) is 0 Å². The first-order valence-corrected chi connectivity index (χ1v) is 22.3. The Kier molecular flexibility index (Phi) is 11.3. The molecule has 0 bridgehead atoms. The van der Waals surface area contributed by atoms with Gasteiger partial charge in [0.1, 0.15) is 23.3 Å². The summed E-state index contributed by atoms with van der Waals surface area (Å²) >= 11 is 1.17. The van der Waals surface area contributed by atoms with E-state index in [4.69, 9.17) is 21.6 Å². The molecule has 328 valence electrons. The predicted octanol–water partition coefficient (Wildman–Crippen LogP) is 5.99. The fourth-order valence-corrected chi connectivity index (χ4v) is 14.4. The van der Waals surface area contributed by atoms with Crippen molar-refractivity contribution in [2.24, 2.45) is 33.1 Å². The quantitative estimate of drug-likeness (QED) is 0.0613. The van der Waals surface area contributed by atoms with Crippen molar-refractivity contribution in [2.75, 3.05) is 62.8 Å². The van der Waals surface area contributed by atoms with Crippen LogP contribution in [0.4, 0.5) is 15.3 Å². The van der Waals surface area contributed by atoms with Gasteiger partial charge in [-0.15, -0.1) is 0 Å². The zero-order valence-corrected chi connectivity index (χ0v) is 36.5. The fraction of sp³-hybridized carbons (Fsp3) is 0.556. The van der Waals surface area contributed by atoms with Crippen LogP contribution in [0.15, 0.2) is 58.8 Å². The van der Waals surface area contributed by atoms with Crippen molar-refractivity contribution in [3.05, 3.63) is 75.9 Å². The standard InChI is InChI=1S/C45H60FN9O5S/c1-27(37(48)53-40-51-33-11-5-10-32(46)36(33)61-40)29-9-6-16-55(38(29)49)34-13-12-30(35(52-34)39(58)59)31(21-47)28(2)50-26-43-22-41(3)24-44(25-42(4,23-43)45(41,43)44)60-20-17-54(14-7-18-56)15-8-19-57/h5,10-13,21,47,50,56-57H,6-9,14-20,22-26,48-49H2,1-4H3,(H,51,53)(H,58,59)/b31-28+,37-27+,47-21?. The minimum Gasteiger partial charge on any atom is -0.476 e. The molecule has 1 spiro atoms. The molecule has 0 saturated heterocycles. The van der Waals surface area contributed by atoms with E-state index >= 15 is 0 Å². The number of benzene rings is 1. The Labute approximate surface area is 360 Å². The van der Waals surface area contributed by atoms with Crippen LogP contribution in [0, 0.1) is 32.9 Å². The molecule has 2 unspecified atom stereocenters. The van der Waals surface area contributed by atoms with Gasteiger partial charge in [-0.25, -0.2) is 19.2 Å². The lowest BCUT2D eigenvalue weighted by molar-refractivity contribution is -0.566. The number of nitrogens with zero attached hydrogens (tertiary/aromatic N) is 4. The maximum absolute atomic E-state index is 14.3. The number of ether oxygens (including phenoxy) is 1. The lowest BCUT2D eigenvalue weighted by Crippen LogP contribution is -3.01. The SMILES string of the molecule is C/C(NCC12CC3(C)CC4(OCCN(CCCO)CCCO)CC(C)(C1)C324)=C(/C=N)c1ccc(N2CCCC(/C(C)=C(\N)Nc3nc4cccc(F)c4s3)=C2N)nc1C(=O)O. The van der Waals surface area contributed by atoms with Crippen molar-refractivity contribution in [1.82, 2.24) is 20.2 Å². The highest BCUT2D eigenvalue weighted by Crippen LogP contribution is 3.03. The molecule has 8 rings (SSSR count). The number of hydrogen-bond acceptors (Lipinski definition) is 14. The summed E-state index contributed by atoms with van der Waals surface area (Å²) in [5.74, 6) is -0.440. The molecule has 4 fully saturated rings. The van der Waals surface area contributed by atoms with Crippen LogP contribution >= 0.6 is 11.3 Å². The van der Waals surface area contributed by atoms with Crippen molar-refractivity contribution < 1.29 is 29.2 Å². The summed E-state index contributed by atoms with van der Waals surface area (Å²) in [6, 6.07) is 8.21. The summed E-state index contributed by atoms with van der Waals surface area (Å²) in [5.41, 5.74) is 17.0. The molecule has 1 aromatic carbocycles. The number of aliphatic hydroxyl groups excluding tert-OH is 2. The number of aromatic carboxylic acids is 1. The predicted molar refractivity (Wildman–Crippen MR) is 237 cm³/mol. The number of pyridine rings is 1. The molecular weight excluding hydrogens is 798 g/mol. The molecule has 16 heteroatoms. The Bertz CT molecular complexity index is 2310. The van der Waals surface area contributed by atoms with Crippen LogP contribution in [-0.4, -0.2) is 101 Å². The van der Waals surface area contributed by atoms with Gasteiger partial charge in [0.05, 0.1) is 22.4 Å². The third-order valence-electron chi connectivity index (χ3n) is 14.9. The van der Waals surface area contributed by atoms with Gasteiger partial charge in [0.2, 0.25) is 0 Å². The zero-order chi connectivity index (χ0) is 43.5. The van der Waals surface area contributed by atoms with Crippen LogP contribution in [0.2, 0.25) is 0 Å². The van der Waals surface area contributed by atoms with Crippen molar-refractivity contribution >= 4 is 50.3 Å². The topological polar surface area (TPSA) is 219 Å². The first-order valence-electron chi connectivity index (χ1n) is 21.5. The largest absolute Gasteiger partial charge is 0.476 e. The number of hydrogen-bond donors (Lipinski definition) is 8. The van der Waals surface area contributed by atoms with Gasteiger partial charge in [-0.05, 0) is 117 Å². The number of anilines is 2. The Morgan fingerprint density at radius 3 is 2.39 bits per heavy atom. The highest BCUT2D eigenvalue weighted by molar-refractivity contribution is 7.22. The molecule has 14 nitrogen and oxygen atoms in total. The molecule has 10 N–H and O–H groups in total. The van der Waals surface area contributed by atoms with Crippen molar-refractivity contribution in [2.45, 2.75) is 84.7 Å². The minimum atomic E-state index is -1.21. The van der Waals surface area contributed by atoms with Gasteiger partial charge in [0.25, 0.3) is 0 Å². The number of nitrogens with one attached hydrogen (secondary N) is 3. The van der Waals surface area contributed by atoms with E-state index in [1.54, 1.807) is 29.2 Å². The molecule has 2 aromatic heterocycles. The second-order valence-corrected chi connectivity index (χ2v) is 19.5. The van der Waals surface area contributed by atoms with E-state index < -0.39 is 5.97 Å². The second-order valence-electron chi connectivity index (χ2n) is 18.5. The summed E-state index contributed by atoms with van der Waals surface area (Å²) in [4.78, 5) is 26.0. The Morgan fingerprint density at radius 1 is 1.07 bits per heavy atom. The number of nitrogens with two attached hydrogens (primary N) is 2. The Morgan fingerprint density at radius 2 is 1.77 bits per heavy atom. The fourth-order valence-electron chi connectivity index (χ4n) is 13.5. The van der Waals surface area contributed by atoms with Gasteiger partial charge in [0.15, 0.2) is 10.8 Å². The number of rotatable bonds is 20. The highest BCUT2D eigenvalue weighted by Gasteiger charge is 3.02. The number of carbonyl (C=O) groups is 1. The lowest BCUT2D eigenvalue weighted by Gasteiger charge is -3.02. The number of allylic oxidation sites excluding steroid dienone is 4. The normalized spacial score (nSPS) is 29.3. The van der Waals surface area contributed by atoms with Crippen molar-refractivity contribution in [3.8, 4) is 0 Å².